The highest BCUT2D eigenvalue weighted by Gasteiger charge is 2.30. The molecule has 7 heteroatoms. The van der Waals surface area contributed by atoms with Crippen LogP contribution in [0.25, 0.3) is 11.1 Å². The van der Waals surface area contributed by atoms with E-state index in [4.69, 9.17) is 0 Å². The molecule has 0 aliphatic heterocycles. The van der Waals surface area contributed by atoms with Crippen LogP contribution in [0.1, 0.15) is 12.5 Å². The molecule has 2 aromatic carbocycles. The van der Waals surface area contributed by atoms with E-state index in [2.05, 4.69) is 10.3 Å². The lowest BCUT2D eigenvalue weighted by Crippen LogP contribution is -2.13. The fourth-order valence-corrected chi connectivity index (χ4v) is 2.76. The molecular formula is C21H18F3N3O. The molecule has 3 rings (SSSR count). The molecule has 0 aliphatic rings. The van der Waals surface area contributed by atoms with Crippen LogP contribution in [0, 0.1) is 0 Å². The highest BCUT2D eigenvalue weighted by Crippen LogP contribution is 2.33. The number of hydrogen-bond acceptors (Lipinski definition) is 3. The van der Waals surface area contributed by atoms with E-state index >= 15 is 0 Å². The van der Waals surface area contributed by atoms with E-state index in [1.807, 2.05) is 24.3 Å². The van der Waals surface area contributed by atoms with Crippen molar-refractivity contribution in [1.29, 1.82) is 0 Å². The van der Waals surface area contributed by atoms with Gasteiger partial charge in [-0.2, -0.15) is 13.2 Å². The third kappa shape index (κ3) is 4.49. The molecule has 0 bridgehead atoms. The van der Waals surface area contributed by atoms with Crippen LogP contribution >= 0.6 is 0 Å². The van der Waals surface area contributed by atoms with Crippen molar-refractivity contribution in [2.45, 2.75) is 13.1 Å². The van der Waals surface area contributed by atoms with E-state index < -0.39 is 11.7 Å². The molecule has 0 saturated carbocycles. The lowest BCUT2D eigenvalue weighted by atomic mass is 10.1. The molecule has 1 heterocycles. The second-order valence-corrected chi connectivity index (χ2v) is 6.27. The zero-order valence-electron chi connectivity index (χ0n) is 15.3. The van der Waals surface area contributed by atoms with Gasteiger partial charge in [0.2, 0.25) is 5.91 Å². The number of nitrogens with one attached hydrogen (secondary N) is 1. The molecule has 0 spiro atoms. The van der Waals surface area contributed by atoms with Gasteiger partial charge in [-0.25, -0.2) is 4.98 Å². The number of benzene rings is 2. The van der Waals surface area contributed by atoms with E-state index in [9.17, 15) is 18.0 Å². The van der Waals surface area contributed by atoms with Crippen molar-refractivity contribution in [2.75, 3.05) is 17.3 Å². The average Bonchev–Trinajstić information content (AvgIpc) is 2.67. The summed E-state index contributed by atoms with van der Waals surface area (Å²) in [6.07, 6.45) is -2.75. The minimum atomic E-state index is -4.40. The summed E-state index contributed by atoms with van der Waals surface area (Å²) in [6, 6.07) is 16.0. The van der Waals surface area contributed by atoms with Crippen LogP contribution in [0.3, 0.4) is 0 Å². The van der Waals surface area contributed by atoms with Crippen LogP contribution in [0.5, 0.6) is 0 Å². The third-order valence-electron chi connectivity index (χ3n) is 4.17. The first-order valence-electron chi connectivity index (χ1n) is 8.49. The van der Waals surface area contributed by atoms with Gasteiger partial charge in [0.05, 0.1) is 5.56 Å². The lowest BCUT2D eigenvalue weighted by Gasteiger charge is -2.20. The Hall–Kier alpha value is -3.35. The van der Waals surface area contributed by atoms with Gasteiger partial charge in [0.15, 0.2) is 0 Å². The number of halogens is 3. The Balaban J connectivity index is 1.84. The topological polar surface area (TPSA) is 45.2 Å². The molecule has 0 saturated heterocycles. The lowest BCUT2D eigenvalue weighted by molar-refractivity contribution is -0.137. The summed E-state index contributed by atoms with van der Waals surface area (Å²) in [5, 5.41) is 2.72. The van der Waals surface area contributed by atoms with Crippen LogP contribution in [-0.4, -0.2) is 17.9 Å². The predicted molar refractivity (Wildman–Crippen MR) is 103 cm³/mol. The molecule has 1 amide bonds. The number of anilines is 3. The normalized spacial score (nSPS) is 11.2. The number of carbonyl (C=O) groups is 1. The number of rotatable bonds is 4. The Morgan fingerprint density at radius 1 is 1.00 bits per heavy atom. The van der Waals surface area contributed by atoms with E-state index in [1.54, 1.807) is 36.3 Å². The third-order valence-corrected chi connectivity index (χ3v) is 4.17. The molecule has 0 atom stereocenters. The molecule has 3 aromatic rings. The quantitative estimate of drug-likeness (QED) is 0.646. The Kier molecular flexibility index (Phi) is 5.35. The van der Waals surface area contributed by atoms with Crippen molar-refractivity contribution in [3.05, 3.63) is 72.4 Å². The van der Waals surface area contributed by atoms with Gasteiger partial charge in [0.1, 0.15) is 5.82 Å². The maximum Gasteiger partial charge on any atom is 0.416 e. The van der Waals surface area contributed by atoms with Gasteiger partial charge < -0.3 is 10.2 Å². The average molecular weight is 385 g/mol. The van der Waals surface area contributed by atoms with Crippen molar-refractivity contribution in [3.8, 4) is 11.1 Å². The minimum Gasteiger partial charge on any atom is -0.329 e. The molecule has 1 aromatic heterocycles. The monoisotopic (exact) mass is 385 g/mol. The number of aromatic nitrogens is 1. The molecule has 0 fully saturated rings. The van der Waals surface area contributed by atoms with E-state index in [0.717, 1.165) is 23.3 Å². The van der Waals surface area contributed by atoms with Crippen molar-refractivity contribution in [3.63, 3.8) is 0 Å². The smallest absolute Gasteiger partial charge is 0.329 e. The van der Waals surface area contributed by atoms with Crippen LogP contribution in [-0.2, 0) is 11.0 Å². The van der Waals surface area contributed by atoms with Gasteiger partial charge in [-0.3, -0.25) is 4.79 Å². The highest BCUT2D eigenvalue weighted by molar-refractivity contribution is 5.89. The zero-order valence-corrected chi connectivity index (χ0v) is 15.3. The number of alkyl halides is 3. The summed E-state index contributed by atoms with van der Waals surface area (Å²) in [5.41, 5.74) is 2.06. The second kappa shape index (κ2) is 7.72. The molecule has 144 valence electrons. The number of amides is 1. The standard InChI is InChI=1S/C21H18F3N3O/c1-14(28)26-18-7-3-5-15(11-18)16-9-10-20(25-13-16)27(2)19-8-4-6-17(12-19)21(22,23)24/h3-13H,1-2H3,(H,26,28). The van der Waals surface area contributed by atoms with Crippen molar-refractivity contribution in [1.82, 2.24) is 4.98 Å². The highest BCUT2D eigenvalue weighted by atomic mass is 19.4. The van der Waals surface area contributed by atoms with Gasteiger partial charge in [0, 0.05) is 37.1 Å². The Morgan fingerprint density at radius 3 is 2.39 bits per heavy atom. The van der Waals surface area contributed by atoms with Gasteiger partial charge in [-0.05, 0) is 48.0 Å². The van der Waals surface area contributed by atoms with Crippen LogP contribution in [0.4, 0.5) is 30.4 Å². The number of pyridine rings is 1. The minimum absolute atomic E-state index is 0.159. The van der Waals surface area contributed by atoms with Gasteiger partial charge in [-0.15, -0.1) is 0 Å². The Labute approximate surface area is 160 Å². The maximum absolute atomic E-state index is 12.9. The molecule has 0 unspecified atom stereocenters. The first-order valence-corrected chi connectivity index (χ1v) is 8.49. The molecule has 0 radical (unpaired) electrons. The molecule has 28 heavy (non-hydrogen) atoms. The second-order valence-electron chi connectivity index (χ2n) is 6.27. The largest absolute Gasteiger partial charge is 0.416 e. The van der Waals surface area contributed by atoms with Crippen LogP contribution < -0.4 is 10.2 Å². The molecule has 1 N–H and O–H groups in total. The molecule has 0 aliphatic carbocycles. The molecular weight excluding hydrogens is 367 g/mol. The summed E-state index contributed by atoms with van der Waals surface area (Å²) >= 11 is 0. The number of nitrogens with zero attached hydrogens (tertiary/aromatic N) is 2. The Bertz CT molecular complexity index is 985. The Morgan fingerprint density at radius 2 is 1.75 bits per heavy atom. The molecule has 4 nitrogen and oxygen atoms in total. The predicted octanol–water partition coefficient (Wildman–Crippen LogP) is 5.49. The summed E-state index contributed by atoms with van der Waals surface area (Å²) in [7, 11) is 1.66. The SMILES string of the molecule is CC(=O)Nc1cccc(-c2ccc(N(C)c3cccc(C(F)(F)F)c3)nc2)c1. The van der Waals surface area contributed by atoms with E-state index in [0.29, 0.717) is 17.2 Å². The summed E-state index contributed by atoms with van der Waals surface area (Å²) in [6.45, 7) is 1.44. The summed E-state index contributed by atoms with van der Waals surface area (Å²) in [4.78, 5) is 17.2. The fourth-order valence-electron chi connectivity index (χ4n) is 2.76. The van der Waals surface area contributed by atoms with Crippen molar-refractivity contribution in [2.24, 2.45) is 0 Å². The van der Waals surface area contributed by atoms with Crippen molar-refractivity contribution < 1.29 is 18.0 Å². The first-order chi connectivity index (χ1) is 13.2. The van der Waals surface area contributed by atoms with Crippen LogP contribution in [0.2, 0.25) is 0 Å². The summed E-state index contributed by atoms with van der Waals surface area (Å²) in [5.74, 6) is 0.356. The summed E-state index contributed by atoms with van der Waals surface area (Å²) < 4.78 is 38.8. The fraction of sp³-hybridized carbons (Fsp3) is 0.143. The zero-order chi connectivity index (χ0) is 20.3. The van der Waals surface area contributed by atoms with Gasteiger partial charge >= 0.3 is 6.18 Å². The van der Waals surface area contributed by atoms with Gasteiger partial charge in [-0.1, -0.05) is 18.2 Å². The van der Waals surface area contributed by atoms with Gasteiger partial charge in [0.25, 0.3) is 0 Å². The number of hydrogen-bond donors (Lipinski definition) is 1. The number of carbonyl (C=O) groups excluding carboxylic acids is 1. The van der Waals surface area contributed by atoms with Crippen LogP contribution in [0.15, 0.2) is 66.9 Å². The van der Waals surface area contributed by atoms with E-state index in [1.165, 1.54) is 13.0 Å². The first kappa shape index (κ1) is 19.4. The van der Waals surface area contributed by atoms with Crippen molar-refractivity contribution >= 4 is 23.1 Å². The van der Waals surface area contributed by atoms with E-state index in [-0.39, 0.29) is 5.91 Å². The maximum atomic E-state index is 12.9.